The van der Waals surface area contributed by atoms with Crippen molar-refractivity contribution in [3.63, 3.8) is 0 Å². The Hall–Kier alpha value is -1.81. The van der Waals surface area contributed by atoms with E-state index in [0.717, 1.165) is 27.8 Å². The van der Waals surface area contributed by atoms with E-state index >= 15 is 0 Å². The Morgan fingerprint density at radius 3 is 2.50 bits per heavy atom. The Morgan fingerprint density at radius 1 is 1.10 bits per heavy atom. The summed E-state index contributed by atoms with van der Waals surface area (Å²) in [7, 11) is 0. The average Bonchev–Trinajstić information content (AvgIpc) is 2.47. The Labute approximate surface area is 127 Å². The van der Waals surface area contributed by atoms with Crippen LogP contribution in [0.3, 0.4) is 0 Å². The fraction of sp³-hybridized carbons (Fsp3) is 0.188. The van der Waals surface area contributed by atoms with Crippen LogP contribution in [0.5, 0.6) is 0 Å². The average molecular weight is 333 g/mol. The number of carbonyl (C=O) groups excluding carboxylic acids is 1. The van der Waals surface area contributed by atoms with E-state index < -0.39 is 0 Å². The molecule has 20 heavy (non-hydrogen) atoms. The van der Waals surface area contributed by atoms with Gasteiger partial charge in [-0.1, -0.05) is 41.1 Å². The molecule has 0 radical (unpaired) electrons. The lowest BCUT2D eigenvalue weighted by Crippen LogP contribution is -2.22. The van der Waals surface area contributed by atoms with Gasteiger partial charge in [-0.05, 0) is 42.3 Å². The number of hydrogen-bond acceptors (Lipinski definition) is 2. The molecule has 0 spiro atoms. The predicted molar refractivity (Wildman–Crippen MR) is 87.1 cm³/mol. The first-order valence-electron chi connectivity index (χ1n) is 6.56. The zero-order chi connectivity index (χ0) is 14.4. The van der Waals surface area contributed by atoms with Crippen LogP contribution in [0, 0.1) is 0 Å². The van der Waals surface area contributed by atoms with Crippen LogP contribution in [0.15, 0.2) is 53.0 Å². The minimum absolute atomic E-state index is 0.0474. The van der Waals surface area contributed by atoms with Gasteiger partial charge in [0, 0.05) is 15.8 Å². The van der Waals surface area contributed by atoms with E-state index in [0.29, 0.717) is 0 Å². The highest BCUT2D eigenvalue weighted by atomic mass is 79.9. The zero-order valence-corrected chi connectivity index (χ0v) is 12.9. The molecular weight excluding hydrogens is 316 g/mol. The molecule has 104 valence electrons. The molecule has 2 rings (SSSR count). The molecule has 0 saturated heterocycles. The van der Waals surface area contributed by atoms with Crippen LogP contribution in [0.1, 0.15) is 12.5 Å². The highest BCUT2D eigenvalue weighted by Gasteiger charge is 2.05. The normalized spacial score (nSPS) is 10.1. The molecule has 0 aliphatic heterocycles. The van der Waals surface area contributed by atoms with Crippen molar-refractivity contribution >= 4 is 33.2 Å². The van der Waals surface area contributed by atoms with Gasteiger partial charge in [0.25, 0.3) is 0 Å². The van der Waals surface area contributed by atoms with E-state index in [2.05, 4.69) is 33.5 Å². The third-order valence-electron chi connectivity index (χ3n) is 2.97. The first-order valence-corrected chi connectivity index (χ1v) is 7.35. The second-order valence-electron chi connectivity index (χ2n) is 4.42. The lowest BCUT2D eigenvalue weighted by Gasteiger charge is -2.11. The lowest BCUT2D eigenvalue weighted by atomic mass is 10.1. The molecule has 0 aromatic heterocycles. The third kappa shape index (κ3) is 4.10. The molecule has 0 bridgehead atoms. The van der Waals surface area contributed by atoms with Crippen molar-refractivity contribution in [2.24, 2.45) is 0 Å². The van der Waals surface area contributed by atoms with Crippen LogP contribution in [-0.2, 0) is 11.2 Å². The van der Waals surface area contributed by atoms with Crippen molar-refractivity contribution in [3.05, 3.63) is 58.6 Å². The molecule has 0 saturated carbocycles. The molecule has 4 heteroatoms. The van der Waals surface area contributed by atoms with Gasteiger partial charge in [-0.3, -0.25) is 4.79 Å². The van der Waals surface area contributed by atoms with E-state index in [9.17, 15) is 4.79 Å². The second-order valence-corrected chi connectivity index (χ2v) is 5.33. The largest absolute Gasteiger partial charge is 0.376 e. The Bertz CT molecular complexity index is 581. The second kappa shape index (κ2) is 7.10. The third-order valence-corrected chi connectivity index (χ3v) is 3.50. The molecule has 0 fully saturated rings. The van der Waals surface area contributed by atoms with Crippen LogP contribution in [0.4, 0.5) is 11.4 Å². The molecule has 2 aromatic carbocycles. The number of nitrogens with one attached hydrogen (secondary N) is 2. The summed E-state index contributed by atoms with van der Waals surface area (Å²) in [5, 5.41) is 6.03. The van der Waals surface area contributed by atoms with Gasteiger partial charge in [-0.25, -0.2) is 0 Å². The number of aryl methyl sites for hydroxylation is 1. The summed E-state index contributed by atoms with van der Waals surface area (Å²) in [5.74, 6) is -0.0474. The summed E-state index contributed by atoms with van der Waals surface area (Å²) in [6.07, 6.45) is 0.899. The standard InChI is InChI=1S/C16H17BrN2O/c1-2-12-5-3-4-6-15(12)19-16(20)11-18-14-9-7-13(17)8-10-14/h3-10,18H,2,11H2,1H3,(H,19,20). The minimum Gasteiger partial charge on any atom is -0.376 e. The molecule has 3 nitrogen and oxygen atoms in total. The molecule has 0 unspecified atom stereocenters. The molecule has 2 N–H and O–H groups in total. The SMILES string of the molecule is CCc1ccccc1NC(=O)CNc1ccc(Br)cc1. The number of hydrogen-bond donors (Lipinski definition) is 2. The summed E-state index contributed by atoms with van der Waals surface area (Å²) < 4.78 is 1.02. The Kier molecular flexibility index (Phi) is 5.18. The van der Waals surface area contributed by atoms with Crippen molar-refractivity contribution in [2.75, 3.05) is 17.2 Å². The lowest BCUT2D eigenvalue weighted by molar-refractivity contribution is -0.114. The fourth-order valence-corrected chi connectivity index (χ4v) is 2.16. The van der Waals surface area contributed by atoms with Crippen LogP contribution < -0.4 is 10.6 Å². The van der Waals surface area contributed by atoms with E-state index in [-0.39, 0.29) is 12.5 Å². The Balaban J connectivity index is 1.91. The van der Waals surface area contributed by atoms with Gasteiger partial charge < -0.3 is 10.6 Å². The van der Waals surface area contributed by atoms with Crippen LogP contribution >= 0.6 is 15.9 Å². The highest BCUT2D eigenvalue weighted by Crippen LogP contribution is 2.16. The summed E-state index contributed by atoms with van der Waals surface area (Å²) >= 11 is 3.38. The number of benzene rings is 2. The summed E-state index contributed by atoms with van der Waals surface area (Å²) in [6, 6.07) is 15.6. The summed E-state index contributed by atoms with van der Waals surface area (Å²) in [6.45, 7) is 2.32. The smallest absolute Gasteiger partial charge is 0.243 e. The van der Waals surface area contributed by atoms with Crippen molar-refractivity contribution in [3.8, 4) is 0 Å². The molecule has 0 aliphatic carbocycles. The van der Waals surface area contributed by atoms with Gasteiger partial charge in [-0.2, -0.15) is 0 Å². The van der Waals surface area contributed by atoms with E-state index in [1.54, 1.807) is 0 Å². The first kappa shape index (κ1) is 14.6. The van der Waals surface area contributed by atoms with Crippen molar-refractivity contribution in [1.29, 1.82) is 0 Å². The maximum absolute atomic E-state index is 11.9. The first-order chi connectivity index (χ1) is 9.69. The fourth-order valence-electron chi connectivity index (χ4n) is 1.90. The van der Waals surface area contributed by atoms with Gasteiger partial charge >= 0.3 is 0 Å². The summed E-state index contributed by atoms with van der Waals surface area (Å²) in [4.78, 5) is 11.9. The number of carbonyl (C=O) groups is 1. The molecule has 2 aromatic rings. The van der Waals surface area contributed by atoms with Gasteiger partial charge in [-0.15, -0.1) is 0 Å². The maximum atomic E-state index is 11.9. The number of halogens is 1. The van der Waals surface area contributed by atoms with Gasteiger partial charge in [0.15, 0.2) is 0 Å². The summed E-state index contributed by atoms with van der Waals surface area (Å²) in [5.41, 5.74) is 2.95. The van der Waals surface area contributed by atoms with Gasteiger partial charge in [0.1, 0.15) is 0 Å². The quantitative estimate of drug-likeness (QED) is 0.866. The molecule has 1 amide bonds. The van der Waals surface area contributed by atoms with Crippen LogP contribution in [-0.4, -0.2) is 12.5 Å². The minimum atomic E-state index is -0.0474. The van der Waals surface area contributed by atoms with Crippen molar-refractivity contribution < 1.29 is 4.79 Å². The number of rotatable bonds is 5. The van der Waals surface area contributed by atoms with E-state index in [1.165, 1.54) is 0 Å². The van der Waals surface area contributed by atoms with Crippen molar-refractivity contribution in [1.82, 2.24) is 0 Å². The van der Waals surface area contributed by atoms with Crippen LogP contribution in [0.2, 0.25) is 0 Å². The Morgan fingerprint density at radius 2 is 1.80 bits per heavy atom. The number of para-hydroxylation sites is 1. The number of amides is 1. The highest BCUT2D eigenvalue weighted by molar-refractivity contribution is 9.10. The van der Waals surface area contributed by atoms with Crippen LogP contribution in [0.25, 0.3) is 0 Å². The topological polar surface area (TPSA) is 41.1 Å². The number of anilines is 2. The maximum Gasteiger partial charge on any atom is 0.243 e. The molecular formula is C16H17BrN2O. The van der Waals surface area contributed by atoms with Crippen molar-refractivity contribution in [2.45, 2.75) is 13.3 Å². The zero-order valence-electron chi connectivity index (χ0n) is 11.3. The van der Waals surface area contributed by atoms with E-state index in [4.69, 9.17) is 0 Å². The molecule has 0 heterocycles. The van der Waals surface area contributed by atoms with Gasteiger partial charge in [0.05, 0.1) is 6.54 Å². The monoisotopic (exact) mass is 332 g/mol. The van der Waals surface area contributed by atoms with Gasteiger partial charge in [0.2, 0.25) is 5.91 Å². The molecule has 0 atom stereocenters. The predicted octanol–water partition coefficient (Wildman–Crippen LogP) is 4.06. The van der Waals surface area contributed by atoms with E-state index in [1.807, 2.05) is 48.5 Å². The molecule has 0 aliphatic rings.